The van der Waals surface area contributed by atoms with Gasteiger partial charge in [0.05, 0.1) is 16.0 Å². The van der Waals surface area contributed by atoms with Gasteiger partial charge in [0.25, 0.3) is 5.91 Å². The highest BCUT2D eigenvalue weighted by Crippen LogP contribution is 2.34. The third-order valence-corrected chi connectivity index (χ3v) is 5.29. The Bertz CT molecular complexity index is 839. The fourth-order valence-electron chi connectivity index (χ4n) is 3.45. The van der Waals surface area contributed by atoms with Crippen LogP contribution in [0.5, 0.6) is 0 Å². The zero-order valence-electron chi connectivity index (χ0n) is 14.6. The minimum absolute atomic E-state index is 0.0885. The molecule has 8 heteroatoms. The van der Waals surface area contributed by atoms with Crippen molar-refractivity contribution in [3.8, 4) is 0 Å². The van der Waals surface area contributed by atoms with Crippen LogP contribution in [0.25, 0.3) is 11.0 Å². The van der Waals surface area contributed by atoms with E-state index in [1.807, 2.05) is 0 Å². The summed E-state index contributed by atoms with van der Waals surface area (Å²) in [7, 11) is 0. The first-order valence-electron chi connectivity index (χ1n) is 8.65. The molecule has 3 rings (SSSR count). The normalized spacial score (nSPS) is 23.1. The molecule has 0 aliphatic heterocycles. The number of halogens is 2. The zero-order chi connectivity index (χ0) is 18.9. The van der Waals surface area contributed by atoms with Crippen LogP contribution >= 0.6 is 11.6 Å². The number of amides is 2. The lowest BCUT2D eigenvalue weighted by molar-refractivity contribution is -0.118. The van der Waals surface area contributed by atoms with Crippen LogP contribution in [0, 0.1) is 5.92 Å². The average Bonchev–Trinajstić information content (AvgIpc) is 2.93. The summed E-state index contributed by atoms with van der Waals surface area (Å²) in [6, 6.07) is 1.60. The van der Waals surface area contributed by atoms with E-state index in [-0.39, 0.29) is 18.4 Å². The Morgan fingerprint density at radius 3 is 2.81 bits per heavy atom. The number of fused-ring (bicyclic) bond motifs is 1. The lowest BCUT2D eigenvalue weighted by Gasteiger charge is -2.31. The van der Waals surface area contributed by atoms with Gasteiger partial charge in [0.2, 0.25) is 5.91 Å². The molecule has 0 saturated heterocycles. The summed E-state index contributed by atoms with van der Waals surface area (Å²) in [5.74, 6) is -0.566. The van der Waals surface area contributed by atoms with Crippen LogP contribution in [0.4, 0.5) is 4.39 Å². The number of alkyl halides is 1. The van der Waals surface area contributed by atoms with Crippen molar-refractivity contribution in [3.63, 3.8) is 0 Å². The summed E-state index contributed by atoms with van der Waals surface area (Å²) < 4.78 is 15.4. The van der Waals surface area contributed by atoms with Crippen LogP contribution < -0.4 is 11.1 Å². The molecule has 0 bridgehead atoms. The van der Waals surface area contributed by atoms with E-state index >= 15 is 0 Å². The number of aromatic nitrogens is 2. The average molecular weight is 381 g/mol. The van der Waals surface area contributed by atoms with E-state index < -0.39 is 11.6 Å². The third kappa shape index (κ3) is 3.98. The van der Waals surface area contributed by atoms with Gasteiger partial charge in [0.15, 0.2) is 0 Å². The Hall–Kier alpha value is -2.15. The van der Waals surface area contributed by atoms with Crippen molar-refractivity contribution in [2.24, 2.45) is 11.7 Å². The molecule has 2 aromatic rings. The maximum atomic E-state index is 13.9. The van der Waals surface area contributed by atoms with E-state index in [1.165, 1.54) is 10.8 Å². The van der Waals surface area contributed by atoms with Gasteiger partial charge in [-0.2, -0.15) is 0 Å². The van der Waals surface area contributed by atoms with Crippen molar-refractivity contribution < 1.29 is 14.0 Å². The van der Waals surface area contributed by atoms with Crippen molar-refractivity contribution >= 4 is 34.4 Å². The number of nitrogens with one attached hydrogen (secondary N) is 1. The van der Waals surface area contributed by atoms with Crippen molar-refractivity contribution in [1.82, 2.24) is 14.9 Å². The summed E-state index contributed by atoms with van der Waals surface area (Å²) in [4.78, 5) is 28.2. The van der Waals surface area contributed by atoms with Gasteiger partial charge in [0, 0.05) is 18.9 Å². The minimum atomic E-state index is -1.10. The quantitative estimate of drug-likeness (QED) is 0.835. The fraction of sp³-hybridized carbons (Fsp3) is 0.500. The first kappa shape index (κ1) is 18.6. The number of hydrogen-bond donors (Lipinski definition) is 2. The Kier molecular flexibility index (Phi) is 5.18. The number of carbonyl (C=O) groups is 2. The molecule has 140 valence electrons. The molecule has 0 aromatic carbocycles. The molecular formula is C18H22ClFN4O2. The molecule has 3 N–H and O–H groups in total. The van der Waals surface area contributed by atoms with E-state index in [1.54, 1.807) is 19.2 Å². The van der Waals surface area contributed by atoms with Gasteiger partial charge < -0.3 is 15.6 Å². The van der Waals surface area contributed by atoms with Crippen LogP contribution in [0.2, 0.25) is 5.02 Å². The molecule has 1 aliphatic carbocycles. The highest BCUT2D eigenvalue weighted by Gasteiger charge is 2.30. The van der Waals surface area contributed by atoms with Crippen LogP contribution in [0.15, 0.2) is 18.5 Å². The highest BCUT2D eigenvalue weighted by atomic mass is 35.5. The van der Waals surface area contributed by atoms with E-state index in [9.17, 15) is 14.0 Å². The second kappa shape index (κ2) is 7.23. The second-order valence-corrected chi connectivity index (χ2v) is 7.60. The predicted molar refractivity (Wildman–Crippen MR) is 97.7 cm³/mol. The molecule has 0 radical (unpaired) electrons. The van der Waals surface area contributed by atoms with Crippen molar-refractivity contribution in [2.75, 3.05) is 6.54 Å². The van der Waals surface area contributed by atoms with E-state index in [0.717, 1.165) is 12.8 Å². The Labute approximate surface area is 155 Å². The van der Waals surface area contributed by atoms with Crippen LogP contribution in [0.3, 0.4) is 0 Å². The molecule has 6 nitrogen and oxygen atoms in total. The van der Waals surface area contributed by atoms with E-state index in [0.29, 0.717) is 41.0 Å². The summed E-state index contributed by atoms with van der Waals surface area (Å²) in [5, 5.41) is 3.78. The fourth-order valence-corrected chi connectivity index (χ4v) is 3.70. The topological polar surface area (TPSA) is 90.0 Å². The van der Waals surface area contributed by atoms with Gasteiger partial charge >= 0.3 is 0 Å². The van der Waals surface area contributed by atoms with Crippen molar-refractivity contribution in [1.29, 1.82) is 0 Å². The summed E-state index contributed by atoms with van der Waals surface area (Å²) in [6.45, 7) is 2.02. The lowest BCUT2D eigenvalue weighted by atomic mass is 9.81. The second-order valence-electron chi connectivity index (χ2n) is 7.20. The first-order valence-corrected chi connectivity index (χ1v) is 9.03. The van der Waals surface area contributed by atoms with Gasteiger partial charge in [-0.15, -0.1) is 0 Å². The SMILES string of the molecule is CC1(F)CCC(CNC(=O)c2cn(CC(N)=O)c3nccc(Cl)c23)CC1. The van der Waals surface area contributed by atoms with Gasteiger partial charge in [-0.1, -0.05) is 11.6 Å². The standard InChI is InChI=1S/C18H22ClFN4O2/c1-18(20)5-2-11(3-6-18)8-23-17(26)12-9-24(10-14(21)25)16-15(12)13(19)4-7-22-16/h4,7,9,11H,2-3,5-6,8,10H2,1H3,(H2,21,25)(H,23,26). The van der Waals surface area contributed by atoms with Gasteiger partial charge in [-0.05, 0) is 44.6 Å². The number of primary amides is 1. The van der Waals surface area contributed by atoms with Crippen LogP contribution in [0.1, 0.15) is 43.0 Å². The summed E-state index contributed by atoms with van der Waals surface area (Å²) >= 11 is 6.25. The van der Waals surface area contributed by atoms with E-state index in [2.05, 4.69) is 10.3 Å². The molecular weight excluding hydrogens is 359 g/mol. The van der Waals surface area contributed by atoms with Gasteiger partial charge in [0.1, 0.15) is 17.9 Å². The smallest absolute Gasteiger partial charge is 0.253 e. The first-order chi connectivity index (χ1) is 12.3. The summed E-state index contributed by atoms with van der Waals surface area (Å²) in [5.41, 5.74) is 4.96. The maximum Gasteiger partial charge on any atom is 0.253 e. The van der Waals surface area contributed by atoms with Crippen LogP contribution in [-0.2, 0) is 11.3 Å². The van der Waals surface area contributed by atoms with Gasteiger partial charge in [-0.3, -0.25) is 9.59 Å². The molecule has 1 saturated carbocycles. The monoisotopic (exact) mass is 380 g/mol. The van der Waals surface area contributed by atoms with Crippen LogP contribution in [-0.4, -0.2) is 33.6 Å². The number of rotatable bonds is 5. The zero-order valence-corrected chi connectivity index (χ0v) is 15.4. The lowest BCUT2D eigenvalue weighted by Crippen LogP contribution is -2.34. The third-order valence-electron chi connectivity index (χ3n) is 4.98. The number of carbonyl (C=O) groups excluding carboxylic acids is 2. The summed E-state index contributed by atoms with van der Waals surface area (Å²) in [6.07, 6.45) is 5.59. The molecule has 2 aromatic heterocycles. The molecule has 0 unspecified atom stereocenters. The number of nitrogens with zero attached hydrogens (tertiary/aromatic N) is 2. The molecule has 26 heavy (non-hydrogen) atoms. The molecule has 2 amide bonds. The van der Waals surface area contributed by atoms with Crippen molar-refractivity contribution in [3.05, 3.63) is 29.0 Å². The van der Waals surface area contributed by atoms with Gasteiger partial charge in [-0.25, -0.2) is 9.37 Å². The Morgan fingerprint density at radius 2 is 2.15 bits per heavy atom. The molecule has 2 heterocycles. The number of nitrogens with two attached hydrogens (primary N) is 1. The minimum Gasteiger partial charge on any atom is -0.368 e. The number of pyridine rings is 1. The molecule has 1 fully saturated rings. The molecule has 0 atom stereocenters. The maximum absolute atomic E-state index is 13.9. The molecule has 0 spiro atoms. The molecule has 1 aliphatic rings. The largest absolute Gasteiger partial charge is 0.368 e. The number of hydrogen-bond acceptors (Lipinski definition) is 3. The Balaban J connectivity index is 1.77. The Morgan fingerprint density at radius 1 is 1.46 bits per heavy atom. The van der Waals surface area contributed by atoms with E-state index in [4.69, 9.17) is 17.3 Å². The van der Waals surface area contributed by atoms with Crippen molar-refractivity contribution in [2.45, 2.75) is 44.8 Å². The predicted octanol–water partition coefficient (Wildman–Crippen LogP) is 2.82. The highest BCUT2D eigenvalue weighted by molar-refractivity contribution is 6.36.